The quantitative estimate of drug-likeness (QED) is 0.780. The maximum absolute atomic E-state index is 5.87. The van der Waals surface area contributed by atoms with Crippen molar-refractivity contribution in [1.82, 2.24) is 14.4 Å². The highest BCUT2D eigenvalue weighted by molar-refractivity contribution is 5.55. The van der Waals surface area contributed by atoms with Crippen LogP contribution >= 0.6 is 0 Å². The zero-order valence-corrected chi connectivity index (χ0v) is 11.9. The molecule has 1 N–H and O–H groups in total. The van der Waals surface area contributed by atoms with E-state index in [0.717, 1.165) is 18.1 Å². The second-order valence-corrected chi connectivity index (χ2v) is 4.40. The molecular weight excluding hydrogens is 268 g/mol. The first-order valence-electron chi connectivity index (χ1n) is 6.69. The molecule has 0 bridgehead atoms. The van der Waals surface area contributed by atoms with Gasteiger partial charge in [0.15, 0.2) is 0 Å². The minimum Gasteiger partial charge on any atom is -0.497 e. The summed E-state index contributed by atoms with van der Waals surface area (Å²) in [6, 6.07) is 7.39. The number of fused-ring (bicyclic) bond motifs is 1. The van der Waals surface area contributed by atoms with Gasteiger partial charge in [0.05, 0.1) is 13.3 Å². The number of methoxy groups -OCH3 is 1. The molecule has 0 saturated carbocycles. The minimum atomic E-state index is 0.451. The molecule has 108 valence electrons. The van der Waals surface area contributed by atoms with Gasteiger partial charge in [0, 0.05) is 25.0 Å². The molecule has 0 unspecified atom stereocenters. The standard InChI is InChI=1S/C15H16N4O2/c1-3-16-13-10-19-8-7-17-14(19)15(18-13)21-12-6-4-5-11(9-12)20-2/h4-10,16H,3H2,1-2H3. The lowest BCUT2D eigenvalue weighted by Gasteiger charge is -2.10. The maximum Gasteiger partial charge on any atom is 0.265 e. The van der Waals surface area contributed by atoms with Crippen molar-refractivity contribution in [3.05, 3.63) is 42.9 Å². The normalized spacial score (nSPS) is 10.6. The molecule has 0 spiro atoms. The molecule has 0 aliphatic heterocycles. The number of nitrogens with zero attached hydrogens (tertiary/aromatic N) is 3. The van der Waals surface area contributed by atoms with E-state index in [0.29, 0.717) is 17.3 Å². The first-order valence-corrected chi connectivity index (χ1v) is 6.69. The molecule has 6 nitrogen and oxygen atoms in total. The fourth-order valence-corrected chi connectivity index (χ4v) is 2.01. The third-order valence-electron chi connectivity index (χ3n) is 2.96. The summed E-state index contributed by atoms with van der Waals surface area (Å²) in [6.07, 6.45) is 5.45. The van der Waals surface area contributed by atoms with Crippen LogP contribution in [0.2, 0.25) is 0 Å². The maximum atomic E-state index is 5.87. The monoisotopic (exact) mass is 284 g/mol. The number of imidazole rings is 1. The molecule has 0 fully saturated rings. The van der Waals surface area contributed by atoms with E-state index in [1.807, 2.05) is 41.9 Å². The number of ether oxygens (including phenoxy) is 2. The second kappa shape index (κ2) is 5.70. The highest BCUT2D eigenvalue weighted by Gasteiger charge is 2.10. The van der Waals surface area contributed by atoms with Crippen molar-refractivity contribution in [2.75, 3.05) is 19.0 Å². The minimum absolute atomic E-state index is 0.451. The van der Waals surface area contributed by atoms with Crippen LogP contribution in [-0.4, -0.2) is 28.0 Å². The molecule has 0 radical (unpaired) electrons. The van der Waals surface area contributed by atoms with E-state index in [9.17, 15) is 0 Å². The lowest BCUT2D eigenvalue weighted by molar-refractivity contribution is 0.407. The molecular formula is C15H16N4O2. The van der Waals surface area contributed by atoms with Crippen molar-refractivity contribution in [3.63, 3.8) is 0 Å². The SMILES string of the molecule is CCNc1cn2ccnc2c(Oc2cccc(OC)c2)n1. The zero-order valence-electron chi connectivity index (χ0n) is 11.9. The highest BCUT2D eigenvalue weighted by atomic mass is 16.5. The Kier molecular flexibility index (Phi) is 3.59. The lowest BCUT2D eigenvalue weighted by Crippen LogP contribution is -2.03. The third-order valence-corrected chi connectivity index (χ3v) is 2.96. The van der Waals surface area contributed by atoms with E-state index < -0.39 is 0 Å². The van der Waals surface area contributed by atoms with E-state index in [2.05, 4.69) is 15.3 Å². The van der Waals surface area contributed by atoms with Crippen molar-refractivity contribution >= 4 is 11.5 Å². The summed E-state index contributed by atoms with van der Waals surface area (Å²) in [7, 11) is 1.62. The second-order valence-electron chi connectivity index (χ2n) is 4.40. The molecule has 2 heterocycles. The van der Waals surface area contributed by atoms with Crippen LogP contribution in [0.15, 0.2) is 42.9 Å². The van der Waals surface area contributed by atoms with Crippen molar-refractivity contribution < 1.29 is 9.47 Å². The Labute approximate surface area is 122 Å². The van der Waals surface area contributed by atoms with E-state index in [-0.39, 0.29) is 0 Å². The summed E-state index contributed by atoms with van der Waals surface area (Å²) >= 11 is 0. The van der Waals surface area contributed by atoms with Crippen molar-refractivity contribution in [2.24, 2.45) is 0 Å². The molecule has 3 rings (SSSR count). The average molecular weight is 284 g/mol. The topological polar surface area (TPSA) is 60.7 Å². The van der Waals surface area contributed by atoms with Gasteiger partial charge in [-0.15, -0.1) is 0 Å². The molecule has 1 aromatic carbocycles. The van der Waals surface area contributed by atoms with Crippen LogP contribution in [0, 0.1) is 0 Å². The van der Waals surface area contributed by atoms with Crippen LogP contribution in [0.5, 0.6) is 17.4 Å². The van der Waals surface area contributed by atoms with E-state index >= 15 is 0 Å². The van der Waals surface area contributed by atoms with Gasteiger partial charge in [0.25, 0.3) is 5.88 Å². The van der Waals surface area contributed by atoms with Crippen LogP contribution in [0.3, 0.4) is 0 Å². The number of nitrogens with one attached hydrogen (secondary N) is 1. The largest absolute Gasteiger partial charge is 0.497 e. The summed E-state index contributed by atoms with van der Waals surface area (Å²) < 4.78 is 12.9. The fraction of sp³-hybridized carbons (Fsp3) is 0.200. The van der Waals surface area contributed by atoms with E-state index in [1.165, 1.54) is 0 Å². The number of benzene rings is 1. The van der Waals surface area contributed by atoms with Gasteiger partial charge in [-0.05, 0) is 19.1 Å². The molecule has 3 aromatic rings. The average Bonchev–Trinajstić information content (AvgIpc) is 2.96. The predicted molar refractivity (Wildman–Crippen MR) is 80.2 cm³/mol. The van der Waals surface area contributed by atoms with Crippen LogP contribution < -0.4 is 14.8 Å². The fourth-order valence-electron chi connectivity index (χ4n) is 2.01. The number of hydrogen-bond donors (Lipinski definition) is 1. The Balaban J connectivity index is 1.99. The molecule has 0 atom stereocenters. The zero-order chi connectivity index (χ0) is 14.7. The molecule has 0 aliphatic carbocycles. The molecule has 0 amide bonds. The van der Waals surface area contributed by atoms with Crippen molar-refractivity contribution in [3.8, 4) is 17.4 Å². The Morgan fingerprint density at radius 3 is 2.95 bits per heavy atom. The molecule has 0 aliphatic rings. The van der Waals surface area contributed by atoms with Crippen LogP contribution in [0.1, 0.15) is 6.92 Å². The molecule has 21 heavy (non-hydrogen) atoms. The van der Waals surface area contributed by atoms with Gasteiger partial charge < -0.3 is 14.8 Å². The Morgan fingerprint density at radius 1 is 1.29 bits per heavy atom. The van der Waals surface area contributed by atoms with Gasteiger partial charge >= 0.3 is 0 Å². The van der Waals surface area contributed by atoms with Gasteiger partial charge in [0.1, 0.15) is 17.3 Å². The number of rotatable bonds is 5. The van der Waals surface area contributed by atoms with Crippen LogP contribution in [0.25, 0.3) is 5.65 Å². The first kappa shape index (κ1) is 13.2. The first-order chi connectivity index (χ1) is 10.3. The Bertz CT molecular complexity index is 754. The van der Waals surface area contributed by atoms with E-state index in [1.54, 1.807) is 19.4 Å². The third kappa shape index (κ3) is 2.74. The summed E-state index contributed by atoms with van der Waals surface area (Å²) in [6.45, 7) is 2.80. The van der Waals surface area contributed by atoms with E-state index in [4.69, 9.17) is 9.47 Å². The summed E-state index contributed by atoms with van der Waals surface area (Å²) in [5.41, 5.74) is 0.666. The van der Waals surface area contributed by atoms with Crippen molar-refractivity contribution in [2.45, 2.75) is 6.92 Å². The highest BCUT2D eigenvalue weighted by Crippen LogP contribution is 2.27. The molecule has 6 heteroatoms. The predicted octanol–water partition coefficient (Wildman–Crippen LogP) is 2.96. The lowest BCUT2D eigenvalue weighted by atomic mass is 10.3. The van der Waals surface area contributed by atoms with Crippen molar-refractivity contribution in [1.29, 1.82) is 0 Å². The number of hydrogen-bond acceptors (Lipinski definition) is 5. The van der Waals surface area contributed by atoms with Crippen LogP contribution in [0.4, 0.5) is 5.82 Å². The summed E-state index contributed by atoms with van der Waals surface area (Å²) in [4.78, 5) is 8.73. The van der Waals surface area contributed by atoms with Crippen LogP contribution in [-0.2, 0) is 0 Å². The molecule has 0 saturated heterocycles. The number of anilines is 1. The van der Waals surface area contributed by atoms with Gasteiger partial charge in [-0.3, -0.25) is 4.40 Å². The van der Waals surface area contributed by atoms with Gasteiger partial charge in [-0.1, -0.05) is 6.07 Å². The van der Waals surface area contributed by atoms with Gasteiger partial charge in [-0.25, -0.2) is 4.98 Å². The Hall–Kier alpha value is -2.76. The summed E-state index contributed by atoms with van der Waals surface area (Å²) in [5.74, 6) is 2.57. The Morgan fingerprint density at radius 2 is 2.14 bits per heavy atom. The van der Waals surface area contributed by atoms with Gasteiger partial charge in [-0.2, -0.15) is 4.98 Å². The summed E-state index contributed by atoms with van der Waals surface area (Å²) in [5, 5.41) is 3.17. The smallest absolute Gasteiger partial charge is 0.265 e. The molecule has 2 aromatic heterocycles. The number of aromatic nitrogens is 3. The van der Waals surface area contributed by atoms with Gasteiger partial charge in [0.2, 0.25) is 5.65 Å².